The smallest absolute Gasteiger partial charge is 0.416 e. The van der Waals surface area contributed by atoms with Gasteiger partial charge in [0.25, 0.3) is 0 Å². The van der Waals surface area contributed by atoms with E-state index in [2.05, 4.69) is 39.1 Å². The summed E-state index contributed by atoms with van der Waals surface area (Å²) in [5.41, 5.74) is 1.35. The average molecular weight is 636 g/mol. The fraction of sp³-hybridized carbons (Fsp3) is 0.629. The summed E-state index contributed by atoms with van der Waals surface area (Å²) >= 11 is 0. The van der Waals surface area contributed by atoms with E-state index in [1.165, 1.54) is 17.5 Å². The van der Waals surface area contributed by atoms with Crippen molar-refractivity contribution < 1.29 is 28.6 Å². The average Bonchev–Trinajstić information content (AvgIpc) is 3.37. The molecule has 5 rings (SSSR count). The number of likely N-dealkylation sites (tertiary alicyclic amines) is 1. The molecule has 1 aliphatic carbocycles. The minimum Gasteiger partial charge on any atom is -0.474 e. The molecule has 1 saturated carbocycles. The summed E-state index contributed by atoms with van der Waals surface area (Å²) in [6.07, 6.45) is 3.67. The zero-order valence-electron chi connectivity index (χ0n) is 28.3. The van der Waals surface area contributed by atoms with Gasteiger partial charge >= 0.3 is 12.1 Å². The van der Waals surface area contributed by atoms with Crippen LogP contribution < -0.4 is 9.64 Å². The van der Waals surface area contributed by atoms with E-state index in [0.29, 0.717) is 50.5 Å². The third-order valence-corrected chi connectivity index (χ3v) is 8.96. The van der Waals surface area contributed by atoms with E-state index < -0.39 is 17.1 Å². The Balaban J connectivity index is 1.35. The van der Waals surface area contributed by atoms with Crippen LogP contribution in [0.25, 0.3) is 0 Å². The standard InChI is InChI=1S/C35H49N5O6/c1-23(41)38-16-13-26(14-17-38)40(33(43)46-35(5,6)7)30-20-31(37-22-36-30)44-27-18-28(29(19-27)45-32(42)34(2,3)4)39-15-12-24-10-8-9-11-25(24)21-39/h8-11,20,22,26-29H,12-19,21H2,1-7H3. The molecule has 11 heteroatoms. The molecule has 11 nitrogen and oxygen atoms in total. The van der Waals surface area contributed by atoms with Crippen LogP contribution in [-0.4, -0.2) is 87.3 Å². The normalized spacial score (nSPS) is 22.6. The third-order valence-electron chi connectivity index (χ3n) is 8.96. The van der Waals surface area contributed by atoms with E-state index >= 15 is 0 Å². The highest BCUT2D eigenvalue weighted by atomic mass is 16.6. The monoisotopic (exact) mass is 635 g/mol. The van der Waals surface area contributed by atoms with Crippen LogP contribution in [0.3, 0.4) is 0 Å². The Hall–Kier alpha value is -3.73. The number of amides is 2. The number of fused-ring (bicyclic) bond motifs is 1. The van der Waals surface area contributed by atoms with Gasteiger partial charge in [0.1, 0.15) is 30.0 Å². The summed E-state index contributed by atoms with van der Waals surface area (Å²) in [6, 6.07) is 9.98. The summed E-state index contributed by atoms with van der Waals surface area (Å²) in [6.45, 7) is 15.4. The van der Waals surface area contributed by atoms with Gasteiger partial charge in [0, 0.05) is 58.1 Å². The second-order valence-corrected chi connectivity index (χ2v) is 14.8. The highest BCUT2D eigenvalue weighted by Gasteiger charge is 2.44. The molecule has 2 aromatic rings. The molecule has 0 bridgehead atoms. The Bertz CT molecular complexity index is 1410. The molecule has 3 unspecified atom stereocenters. The molecule has 3 aliphatic rings. The molecular formula is C35H49N5O6. The first-order chi connectivity index (χ1) is 21.7. The number of anilines is 1. The zero-order valence-corrected chi connectivity index (χ0v) is 28.3. The summed E-state index contributed by atoms with van der Waals surface area (Å²) in [7, 11) is 0. The fourth-order valence-electron chi connectivity index (χ4n) is 6.53. The third kappa shape index (κ3) is 8.15. The van der Waals surface area contributed by atoms with Crippen molar-refractivity contribution in [3.8, 4) is 5.88 Å². The van der Waals surface area contributed by atoms with Crippen molar-refractivity contribution in [3.63, 3.8) is 0 Å². The topological polar surface area (TPSA) is 114 Å². The van der Waals surface area contributed by atoms with Crippen molar-refractivity contribution in [2.45, 2.75) is 117 Å². The van der Waals surface area contributed by atoms with Crippen LogP contribution in [0.1, 0.15) is 85.3 Å². The number of benzene rings is 1. The molecule has 250 valence electrons. The number of ether oxygens (including phenoxy) is 3. The predicted molar refractivity (Wildman–Crippen MR) is 173 cm³/mol. The lowest BCUT2D eigenvalue weighted by Crippen LogP contribution is -2.50. The first-order valence-electron chi connectivity index (χ1n) is 16.5. The molecule has 3 atom stereocenters. The largest absolute Gasteiger partial charge is 0.474 e. The highest BCUT2D eigenvalue weighted by Crippen LogP contribution is 2.35. The van der Waals surface area contributed by atoms with Gasteiger partial charge in [0.15, 0.2) is 0 Å². The molecular weight excluding hydrogens is 586 g/mol. The van der Waals surface area contributed by atoms with Crippen LogP contribution in [0.4, 0.5) is 10.6 Å². The van der Waals surface area contributed by atoms with Crippen molar-refractivity contribution >= 4 is 23.8 Å². The number of nitrogens with zero attached hydrogens (tertiary/aromatic N) is 5. The molecule has 0 radical (unpaired) electrons. The molecule has 1 aromatic heterocycles. The first-order valence-corrected chi connectivity index (χ1v) is 16.5. The molecule has 1 aromatic carbocycles. The molecule has 0 spiro atoms. The van der Waals surface area contributed by atoms with Crippen molar-refractivity contribution in [1.29, 1.82) is 0 Å². The van der Waals surface area contributed by atoms with Gasteiger partial charge in [-0.2, -0.15) is 0 Å². The number of carbonyl (C=O) groups excluding carboxylic acids is 3. The van der Waals surface area contributed by atoms with Crippen LogP contribution in [0.15, 0.2) is 36.7 Å². The van der Waals surface area contributed by atoms with Gasteiger partial charge in [0.05, 0.1) is 11.5 Å². The second kappa shape index (κ2) is 13.6. The Morgan fingerprint density at radius 2 is 1.63 bits per heavy atom. The molecule has 46 heavy (non-hydrogen) atoms. The molecule has 3 heterocycles. The Morgan fingerprint density at radius 1 is 0.935 bits per heavy atom. The molecule has 2 aliphatic heterocycles. The van der Waals surface area contributed by atoms with Gasteiger partial charge in [-0.25, -0.2) is 14.8 Å². The van der Waals surface area contributed by atoms with Gasteiger partial charge in [-0.3, -0.25) is 19.4 Å². The van der Waals surface area contributed by atoms with Gasteiger partial charge in [-0.15, -0.1) is 0 Å². The van der Waals surface area contributed by atoms with Crippen molar-refractivity contribution in [2.24, 2.45) is 5.41 Å². The van der Waals surface area contributed by atoms with Crippen molar-refractivity contribution in [1.82, 2.24) is 19.8 Å². The molecule has 0 N–H and O–H groups in total. The van der Waals surface area contributed by atoms with Crippen LogP contribution in [0, 0.1) is 5.41 Å². The molecule has 2 amide bonds. The van der Waals surface area contributed by atoms with Crippen LogP contribution in [0.5, 0.6) is 5.88 Å². The number of piperidine rings is 1. The van der Waals surface area contributed by atoms with E-state index in [9.17, 15) is 14.4 Å². The SMILES string of the molecule is CC(=O)N1CCC(N(C(=O)OC(C)(C)C)c2cc(OC3CC(OC(=O)C(C)(C)C)C(N4CCc5ccccc5C4)C3)ncn2)CC1. The Morgan fingerprint density at radius 3 is 2.28 bits per heavy atom. The maximum absolute atomic E-state index is 13.5. The molecule has 2 fully saturated rings. The lowest BCUT2D eigenvalue weighted by atomic mass is 9.96. The minimum atomic E-state index is -0.699. The maximum atomic E-state index is 13.5. The Kier molecular flexibility index (Phi) is 9.91. The van der Waals surface area contributed by atoms with Crippen LogP contribution in [-0.2, 0) is 32.0 Å². The number of aromatic nitrogens is 2. The highest BCUT2D eigenvalue weighted by molar-refractivity contribution is 5.87. The van der Waals surface area contributed by atoms with E-state index in [1.54, 1.807) is 22.8 Å². The minimum absolute atomic E-state index is 0.00399. The summed E-state index contributed by atoms with van der Waals surface area (Å²) in [5.74, 6) is 0.525. The first kappa shape index (κ1) is 33.6. The zero-order chi connectivity index (χ0) is 33.2. The predicted octanol–water partition coefficient (Wildman–Crippen LogP) is 5.16. The lowest BCUT2D eigenvalue weighted by molar-refractivity contribution is -0.161. The van der Waals surface area contributed by atoms with Crippen LogP contribution in [0.2, 0.25) is 0 Å². The van der Waals surface area contributed by atoms with E-state index in [-0.39, 0.29) is 36.2 Å². The number of hydrogen-bond acceptors (Lipinski definition) is 9. The lowest BCUT2D eigenvalue weighted by Gasteiger charge is -2.38. The summed E-state index contributed by atoms with van der Waals surface area (Å²) in [5, 5.41) is 0. The quantitative estimate of drug-likeness (QED) is 0.398. The van der Waals surface area contributed by atoms with Crippen molar-refractivity contribution in [3.05, 3.63) is 47.8 Å². The van der Waals surface area contributed by atoms with Gasteiger partial charge in [-0.1, -0.05) is 24.3 Å². The number of esters is 1. The van der Waals surface area contributed by atoms with Gasteiger partial charge in [0.2, 0.25) is 11.8 Å². The Labute approximate surface area is 272 Å². The summed E-state index contributed by atoms with van der Waals surface area (Å²) < 4.78 is 18.4. The van der Waals surface area contributed by atoms with Gasteiger partial charge < -0.3 is 19.1 Å². The number of hydrogen-bond donors (Lipinski definition) is 0. The second-order valence-electron chi connectivity index (χ2n) is 14.8. The molecule has 1 saturated heterocycles. The van der Waals surface area contributed by atoms with E-state index in [1.807, 2.05) is 41.5 Å². The number of carbonyl (C=O) groups is 3. The summed E-state index contributed by atoms with van der Waals surface area (Å²) in [4.78, 5) is 53.1. The van der Waals surface area contributed by atoms with Gasteiger partial charge in [-0.05, 0) is 71.9 Å². The van der Waals surface area contributed by atoms with E-state index in [4.69, 9.17) is 14.2 Å². The number of rotatable bonds is 6. The maximum Gasteiger partial charge on any atom is 0.416 e. The van der Waals surface area contributed by atoms with E-state index in [0.717, 1.165) is 19.5 Å². The van der Waals surface area contributed by atoms with Crippen LogP contribution >= 0.6 is 0 Å². The van der Waals surface area contributed by atoms with Crippen molar-refractivity contribution in [2.75, 3.05) is 24.5 Å². The fourth-order valence-corrected chi connectivity index (χ4v) is 6.53.